The molecule has 3 nitrogen and oxygen atoms in total. The summed E-state index contributed by atoms with van der Waals surface area (Å²) in [5, 5.41) is 15.1. The summed E-state index contributed by atoms with van der Waals surface area (Å²) in [5.41, 5.74) is -0.399. The van der Waals surface area contributed by atoms with Crippen LogP contribution >= 0.6 is 35.0 Å². The van der Waals surface area contributed by atoms with Crippen LogP contribution in [0.2, 0.25) is 10.0 Å². The molecule has 0 aliphatic heterocycles. The quantitative estimate of drug-likeness (QED) is 0.323. The third kappa shape index (κ3) is 9.54. The van der Waals surface area contributed by atoms with Crippen LogP contribution in [0, 0.1) is 23.2 Å². The van der Waals surface area contributed by atoms with Gasteiger partial charge in [-0.25, -0.2) is 0 Å². The van der Waals surface area contributed by atoms with Crippen molar-refractivity contribution in [2.75, 3.05) is 13.3 Å². The van der Waals surface area contributed by atoms with Gasteiger partial charge in [-0.05, 0) is 81.4 Å². The molecule has 0 radical (unpaired) electrons. The van der Waals surface area contributed by atoms with Gasteiger partial charge in [0.15, 0.2) is 0 Å². The average molecular weight is 505 g/mol. The molecule has 0 aromatic heterocycles. The van der Waals surface area contributed by atoms with Crippen LogP contribution in [0.15, 0.2) is 23.1 Å². The van der Waals surface area contributed by atoms with Crippen LogP contribution in [-0.2, 0) is 4.79 Å². The number of carbonyl (C=O) groups excluding carboxylic acids is 1. The van der Waals surface area contributed by atoms with Crippen molar-refractivity contribution in [1.29, 1.82) is 0 Å². The highest BCUT2D eigenvalue weighted by molar-refractivity contribution is 7.98. The normalized spacial score (nSPS) is 29.6. The van der Waals surface area contributed by atoms with E-state index in [-0.39, 0.29) is 11.0 Å². The minimum atomic E-state index is -0.260. The lowest BCUT2D eigenvalue weighted by atomic mass is 9.52. The summed E-state index contributed by atoms with van der Waals surface area (Å²) in [4.78, 5) is 10.9. The maximum absolute atomic E-state index is 10.3. The number of aldehydes is 1. The predicted octanol–water partition coefficient (Wildman–Crippen LogP) is 7.51. The van der Waals surface area contributed by atoms with Gasteiger partial charge in [0.25, 0.3) is 0 Å². The molecular weight excluding hydrogens is 461 g/mol. The number of halogens is 2. The van der Waals surface area contributed by atoms with Gasteiger partial charge in [-0.3, -0.25) is 0 Å². The Balaban J connectivity index is 0.000000241. The molecule has 0 heterocycles. The Hall–Kier alpha value is -0.260. The van der Waals surface area contributed by atoms with E-state index in [0.29, 0.717) is 11.1 Å². The number of hydrogen-bond acceptors (Lipinski definition) is 4. The molecule has 2 N–H and O–H groups in total. The van der Waals surface area contributed by atoms with Crippen LogP contribution in [0.4, 0.5) is 0 Å². The van der Waals surface area contributed by atoms with Crippen LogP contribution in [0.25, 0.3) is 0 Å². The fourth-order valence-corrected chi connectivity index (χ4v) is 6.19. The van der Waals surface area contributed by atoms with E-state index in [4.69, 9.17) is 23.2 Å². The smallest absolute Gasteiger partial charge is 0.125 e. The Morgan fingerprint density at radius 1 is 1.16 bits per heavy atom. The second-order valence-corrected chi connectivity index (χ2v) is 12.2. The van der Waals surface area contributed by atoms with Gasteiger partial charge in [0, 0.05) is 21.4 Å². The van der Waals surface area contributed by atoms with Gasteiger partial charge in [-0.2, -0.15) is 0 Å². The fraction of sp³-hybridized carbons (Fsp3) is 0.731. The molecule has 0 spiro atoms. The first kappa shape index (κ1) is 29.8. The van der Waals surface area contributed by atoms with Gasteiger partial charge in [-0.15, -0.1) is 11.8 Å². The predicted molar refractivity (Wildman–Crippen MR) is 141 cm³/mol. The van der Waals surface area contributed by atoms with E-state index < -0.39 is 0 Å². The molecule has 4 aliphatic rings. The van der Waals surface area contributed by atoms with Crippen molar-refractivity contribution in [1.82, 2.24) is 5.32 Å². The summed E-state index contributed by atoms with van der Waals surface area (Å²) < 4.78 is 0. The second kappa shape index (κ2) is 13.6. The van der Waals surface area contributed by atoms with Gasteiger partial charge in [0.1, 0.15) is 6.29 Å². The minimum absolute atomic E-state index is 0.139. The van der Waals surface area contributed by atoms with Crippen molar-refractivity contribution in [2.45, 2.75) is 89.7 Å². The van der Waals surface area contributed by atoms with Crippen molar-refractivity contribution in [2.24, 2.45) is 23.2 Å². The highest BCUT2D eigenvalue weighted by atomic mass is 35.5. The summed E-state index contributed by atoms with van der Waals surface area (Å²) in [6.45, 7) is 9.88. The third-order valence-electron chi connectivity index (χ3n) is 6.04. The lowest BCUT2D eigenvalue weighted by Gasteiger charge is -2.58. The summed E-state index contributed by atoms with van der Waals surface area (Å²) in [7, 11) is 2.08. The largest absolute Gasteiger partial charge is 0.390 e. The van der Waals surface area contributed by atoms with Gasteiger partial charge < -0.3 is 15.2 Å². The number of aliphatic hydroxyl groups is 1. The van der Waals surface area contributed by atoms with Crippen molar-refractivity contribution in [3.63, 3.8) is 0 Å². The first-order chi connectivity index (χ1) is 14.9. The molecule has 1 aromatic carbocycles. The first-order valence-corrected chi connectivity index (χ1v) is 13.7. The van der Waals surface area contributed by atoms with Crippen molar-refractivity contribution >= 4 is 41.2 Å². The molecule has 0 amide bonds. The van der Waals surface area contributed by atoms with E-state index in [2.05, 4.69) is 26.2 Å². The maximum atomic E-state index is 10.3. The van der Waals surface area contributed by atoms with Gasteiger partial charge in [0.05, 0.1) is 10.6 Å². The van der Waals surface area contributed by atoms with E-state index in [1.165, 1.54) is 19.3 Å². The Labute approximate surface area is 210 Å². The maximum Gasteiger partial charge on any atom is 0.125 e. The Morgan fingerprint density at radius 3 is 2.00 bits per heavy atom. The summed E-state index contributed by atoms with van der Waals surface area (Å²) in [6.07, 6.45) is 10.1. The van der Waals surface area contributed by atoms with E-state index in [1.807, 2.05) is 39.2 Å². The highest BCUT2D eigenvalue weighted by Gasteiger charge is 2.54. The molecule has 6 heteroatoms. The number of hydrogen-bond donors (Lipinski definition) is 2. The summed E-state index contributed by atoms with van der Waals surface area (Å²) in [5.74, 6) is 2.37. The van der Waals surface area contributed by atoms with Crippen LogP contribution < -0.4 is 5.32 Å². The minimum Gasteiger partial charge on any atom is -0.390 e. The van der Waals surface area contributed by atoms with E-state index in [0.717, 1.165) is 53.2 Å². The molecular formula is C26H43Cl2NO2S. The van der Waals surface area contributed by atoms with Crippen LogP contribution in [0.3, 0.4) is 0 Å². The molecule has 4 bridgehead atoms. The molecule has 32 heavy (non-hydrogen) atoms. The molecule has 2 unspecified atom stereocenters. The number of nitrogens with one attached hydrogen (secondary N) is 1. The average Bonchev–Trinajstić information content (AvgIpc) is 2.68. The number of benzene rings is 1. The SMILES string of the molecule is CC(C)(C)C=O.CCC.CNC1C2CC3CC1CC(O)(C3)C2.CSc1ccc(Cl)cc1Cl. The number of carbonyl (C=O) groups is 1. The Morgan fingerprint density at radius 2 is 1.66 bits per heavy atom. The molecule has 184 valence electrons. The lowest BCUT2D eigenvalue weighted by molar-refractivity contribution is -0.137. The number of rotatable bonds is 2. The van der Waals surface area contributed by atoms with Crippen LogP contribution in [0.1, 0.15) is 73.1 Å². The molecule has 0 saturated heterocycles. The van der Waals surface area contributed by atoms with E-state index in [1.54, 1.807) is 17.8 Å². The van der Waals surface area contributed by atoms with Crippen LogP contribution in [0.5, 0.6) is 0 Å². The Bertz CT molecular complexity index is 692. The Kier molecular flexibility index (Phi) is 12.6. The molecule has 4 aliphatic carbocycles. The van der Waals surface area contributed by atoms with E-state index in [9.17, 15) is 9.90 Å². The summed E-state index contributed by atoms with van der Waals surface area (Å²) in [6, 6.07) is 6.20. The second-order valence-electron chi connectivity index (χ2n) is 10.5. The zero-order valence-corrected chi connectivity index (χ0v) is 23.2. The molecule has 4 saturated carbocycles. The fourth-order valence-electron chi connectivity index (χ4n) is 5.09. The van der Waals surface area contributed by atoms with Crippen molar-refractivity contribution < 1.29 is 9.90 Å². The topological polar surface area (TPSA) is 49.3 Å². The van der Waals surface area contributed by atoms with Gasteiger partial charge >= 0.3 is 0 Å². The van der Waals surface area contributed by atoms with Gasteiger partial charge in [0.2, 0.25) is 0 Å². The lowest BCUT2D eigenvalue weighted by Crippen LogP contribution is -2.60. The summed E-state index contributed by atoms with van der Waals surface area (Å²) >= 11 is 13.1. The van der Waals surface area contributed by atoms with Crippen molar-refractivity contribution in [3.8, 4) is 0 Å². The van der Waals surface area contributed by atoms with Crippen LogP contribution in [-0.4, -0.2) is 36.3 Å². The zero-order chi connectivity index (χ0) is 24.5. The van der Waals surface area contributed by atoms with Gasteiger partial charge in [-0.1, -0.05) is 64.2 Å². The third-order valence-corrected chi connectivity index (χ3v) is 7.50. The highest BCUT2D eigenvalue weighted by Crippen LogP contribution is 2.55. The molecule has 2 atom stereocenters. The number of thioether (sulfide) groups is 1. The molecule has 4 fully saturated rings. The molecule has 5 rings (SSSR count). The molecule has 1 aromatic rings. The first-order valence-electron chi connectivity index (χ1n) is 11.8. The monoisotopic (exact) mass is 503 g/mol. The van der Waals surface area contributed by atoms with Crippen molar-refractivity contribution in [3.05, 3.63) is 28.2 Å². The van der Waals surface area contributed by atoms with E-state index >= 15 is 0 Å². The zero-order valence-electron chi connectivity index (χ0n) is 20.9. The standard InChI is InChI=1S/C11H19NO.C7H6Cl2S.C5H10O.C3H8/c1-12-10-8-2-7-3-9(10)6-11(13,4-7)5-8;1-10-7-3-2-5(8)4-6(7)9;1-5(2,3)4-6;1-3-2/h7-10,12-13H,2-6H2,1H3;2-4H,1H3;4H,1-3H3;3H2,1-2H3.